The van der Waals surface area contributed by atoms with E-state index >= 15 is 0 Å². The smallest absolute Gasteiger partial charge is 0.174 e. The van der Waals surface area contributed by atoms with Crippen LogP contribution in [-0.4, -0.2) is 5.16 Å². The molecule has 2 rings (SSSR count). The van der Waals surface area contributed by atoms with E-state index in [9.17, 15) is 0 Å². The highest BCUT2D eigenvalue weighted by Gasteiger charge is 2.03. The number of benzene rings is 1. The fraction of sp³-hybridized carbons (Fsp3) is 0.182. The Kier molecular flexibility index (Phi) is 3.44. The van der Waals surface area contributed by atoms with Crippen LogP contribution in [0.25, 0.3) is 0 Å². The number of hydrogen-bond donors (Lipinski definition) is 1. The van der Waals surface area contributed by atoms with Gasteiger partial charge in [-0.3, -0.25) is 0 Å². The lowest BCUT2D eigenvalue weighted by molar-refractivity contribution is 0.248. The Labute approximate surface area is 97.9 Å². The lowest BCUT2D eigenvalue weighted by Gasteiger charge is -2.02. The van der Waals surface area contributed by atoms with E-state index in [0.717, 1.165) is 0 Å². The summed E-state index contributed by atoms with van der Waals surface area (Å²) in [6, 6.07) is 8.94. The van der Waals surface area contributed by atoms with E-state index in [4.69, 9.17) is 26.6 Å². The third-order valence-corrected chi connectivity index (χ3v) is 2.23. The van der Waals surface area contributed by atoms with E-state index in [-0.39, 0.29) is 0 Å². The minimum Gasteiger partial charge on any atom is -0.485 e. The lowest BCUT2D eigenvalue weighted by Crippen LogP contribution is -1.95. The number of hydrogen-bond acceptors (Lipinski definition) is 4. The molecule has 0 saturated heterocycles. The second-order valence-electron chi connectivity index (χ2n) is 3.23. The summed E-state index contributed by atoms with van der Waals surface area (Å²) in [6.45, 7) is 0.675. The van der Waals surface area contributed by atoms with Crippen molar-refractivity contribution < 1.29 is 9.26 Å². The zero-order valence-electron chi connectivity index (χ0n) is 8.52. The van der Waals surface area contributed by atoms with Gasteiger partial charge >= 0.3 is 0 Å². The number of aromatic nitrogens is 1. The van der Waals surface area contributed by atoms with Crippen LogP contribution in [0.3, 0.4) is 0 Å². The van der Waals surface area contributed by atoms with Gasteiger partial charge in [0, 0.05) is 17.6 Å². The van der Waals surface area contributed by atoms with Gasteiger partial charge in [-0.2, -0.15) is 0 Å². The van der Waals surface area contributed by atoms with Crippen molar-refractivity contribution in [2.45, 2.75) is 13.2 Å². The van der Waals surface area contributed by atoms with E-state index in [0.29, 0.717) is 35.4 Å². The average Bonchev–Trinajstić information content (AvgIpc) is 2.74. The van der Waals surface area contributed by atoms with Crippen molar-refractivity contribution >= 4 is 11.6 Å². The molecule has 0 atom stereocenters. The zero-order valence-corrected chi connectivity index (χ0v) is 9.28. The molecule has 2 N–H and O–H groups in total. The first-order chi connectivity index (χ1) is 7.78. The molecule has 0 aliphatic carbocycles. The van der Waals surface area contributed by atoms with Crippen molar-refractivity contribution in [1.29, 1.82) is 0 Å². The zero-order chi connectivity index (χ0) is 11.4. The van der Waals surface area contributed by atoms with Crippen LogP contribution in [0.15, 0.2) is 34.9 Å². The number of halogens is 1. The van der Waals surface area contributed by atoms with Crippen LogP contribution in [0.4, 0.5) is 0 Å². The molecule has 0 amide bonds. The third-order valence-electron chi connectivity index (χ3n) is 1.99. The van der Waals surface area contributed by atoms with Gasteiger partial charge < -0.3 is 15.0 Å². The van der Waals surface area contributed by atoms with Crippen LogP contribution in [0, 0.1) is 0 Å². The molecule has 16 heavy (non-hydrogen) atoms. The summed E-state index contributed by atoms with van der Waals surface area (Å²) in [7, 11) is 0. The van der Waals surface area contributed by atoms with Crippen molar-refractivity contribution in [3.8, 4) is 5.75 Å². The monoisotopic (exact) mass is 238 g/mol. The molecular formula is C11H11ClN2O2. The maximum atomic E-state index is 5.82. The van der Waals surface area contributed by atoms with Crippen LogP contribution in [0.5, 0.6) is 5.75 Å². The van der Waals surface area contributed by atoms with Crippen LogP contribution < -0.4 is 10.5 Å². The highest BCUT2D eigenvalue weighted by Crippen LogP contribution is 2.18. The minimum absolute atomic E-state index is 0.313. The Morgan fingerprint density at radius 1 is 1.38 bits per heavy atom. The summed E-state index contributed by atoms with van der Waals surface area (Å²) in [5, 5.41) is 4.40. The fourth-order valence-electron chi connectivity index (χ4n) is 1.23. The molecule has 5 heteroatoms. The van der Waals surface area contributed by atoms with Gasteiger partial charge in [-0.15, -0.1) is 0 Å². The molecule has 84 valence electrons. The van der Waals surface area contributed by atoms with Crippen LogP contribution in [-0.2, 0) is 13.2 Å². The quantitative estimate of drug-likeness (QED) is 0.888. The predicted octanol–water partition coefficient (Wildman–Crippen LogP) is 2.37. The third kappa shape index (κ3) is 2.74. The largest absolute Gasteiger partial charge is 0.485 e. The van der Waals surface area contributed by atoms with E-state index in [1.807, 2.05) is 12.1 Å². The molecule has 1 aromatic carbocycles. The van der Waals surface area contributed by atoms with Gasteiger partial charge in [0.05, 0.1) is 5.69 Å². The van der Waals surface area contributed by atoms with Crippen LogP contribution in [0.2, 0.25) is 5.02 Å². The Balaban J connectivity index is 1.96. The average molecular weight is 239 g/mol. The standard InChI is InChI=1S/C11H11ClN2O2/c12-8-2-1-3-10(4-8)15-7-11-5-9(6-13)14-16-11/h1-5H,6-7,13H2. The van der Waals surface area contributed by atoms with Gasteiger partial charge in [0.15, 0.2) is 5.76 Å². The van der Waals surface area contributed by atoms with Crippen LogP contribution >= 0.6 is 11.6 Å². The Hall–Kier alpha value is -1.52. The summed E-state index contributed by atoms with van der Waals surface area (Å²) >= 11 is 5.82. The van der Waals surface area contributed by atoms with Crippen LogP contribution in [0.1, 0.15) is 11.5 Å². The van der Waals surface area contributed by atoms with Crippen molar-refractivity contribution in [3.05, 3.63) is 46.8 Å². The first-order valence-corrected chi connectivity index (χ1v) is 5.18. The van der Waals surface area contributed by atoms with E-state index in [2.05, 4.69) is 5.16 Å². The molecule has 0 spiro atoms. The first kappa shape index (κ1) is 11.0. The molecule has 0 radical (unpaired) electrons. The maximum absolute atomic E-state index is 5.82. The van der Waals surface area contributed by atoms with E-state index in [1.54, 1.807) is 18.2 Å². The van der Waals surface area contributed by atoms with Crippen molar-refractivity contribution in [2.75, 3.05) is 0 Å². The van der Waals surface area contributed by atoms with Crippen molar-refractivity contribution in [3.63, 3.8) is 0 Å². The molecule has 1 aromatic heterocycles. The SMILES string of the molecule is NCc1cc(COc2cccc(Cl)c2)on1. The topological polar surface area (TPSA) is 61.3 Å². The molecular weight excluding hydrogens is 228 g/mol. The normalized spacial score (nSPS) is 10.4. The molecule has 0 aliphatic rings. The lowest BCUT2D eigenvalue weighted by atomic mass is 10.3. The summed E-state index contributed by atoms with van der Waals surface area (Å²) in [5.41, 5.74) is 6.12. The molecule has 4 nitrogen and oxygen atoms in total. The molecule has 0 saturated carbocycles. The second-order valence-corrected chi connectivity index (χ2v) is 3.67. The summed E-state index contributed by atoms with van der Waals surface area (Å²) in [5.74, 6) is 1.33. The van der Waals surface area contributed by atoms with E-state index in [1.165, 1.54) is 0 Å². The number of rotatable bonds is 4. The molecule has 1 heterocycles. The fourth-order valence-corrected chi connectivity index (χ4v) is 1.41. The second kappa shape index (κ2) is 5.01. The van der Waals surface area contributed by atoms with E-state index < -0.39 is 0 Å². The van der Waals surface area contributed by atoms with Gasteiger partial charge in [-0.25, -0.2) is 0 Å². The van der Waals surface area contributed by atoms with Crippen molar-refractivity contribution in [1.82, 2.24) is 5.16 Å². The summed E-state index contributed by atoms with van der Waals surface area (Å²) in [6.07, 6.45) is 0. The number of nitrogens with two attached hydrogens (primary N) is 1. The van der Waals surface area contributed by atoms with Gasteiger partial charge in [0.25, 0.3) is 0 Å². The van der Waals surface area contributed by atoms with Gasteiger partial charge in [-0.1, -0.05) is 22.8 Å². The highest BCUT2D eigenvalue weighted by atomic mass is 35.5. The molecule has 0 fully saturated rings. The number of nitrogens with zero attached hydrogens (tertiary/aromatic N) is 1. The molecule has 2 aromatic rings. The van der Waals surface area contributed by atoms with Gasteiger partial charge in [0.2, 0.25) is 0 Å². The summed E-state index contributed by atoms with van der Waals surface area (Å²) < 4.78 is 10.5. The first-order valence-electron chi connectivity index (χ1n) is 4.81. The molecule has 0 aliphatic heterocycles. The van der Waals surface area contributed by atoms with Gasteiger partial charge in [0.1, 0.15) is 12.4 Å². The minimum atomic E-state index is 0.313. The Morgan fingerprint density at radius 3 is 2.94 bits per heavy atom. The predicted molar refractivity (Wildman–Crippen MR) is 60.2 cm³/mol. The Bertz CT molecular complexity index is 471. The van der Waals surface area contributed by atoms with Gasteiger partial charge in [-0.05, 0) is 18.2 Å². The molecule has 0 unspecified atom stereocenters. The highest BCUT2D eigenvalue weighted by molar-refractivity contribution is 6.30. The summed E-state index contributed by atoms with van der Waals surface area (Å²) in [4.78, 5) is 0. The molecule has 0 bridgehead atoms. The Morgan fingerprint density at radius 2 is 2.25 bits per heavy atom. The maximum Gasteiger partial charge on any atom is 0.174 e. The number of ether oxygens (including phenoxy) is 1. The van der Waals surface area contributed by atoms with Crippen molar-refractivity contribution in [2.24, 2.45) is 5.73 Å².